The summed E-state index contributed by atoms with van der Waals surface area (Å²) in [5, 5.41) is 1.02. The number of carbonyl (C=O) groups excluding carboxylic acids is 1. The molecule has 3 heterocycles. The molecule has 2 aromatic heterocycles. The molecule has 2 aliphatic rings. The second-order valence-corrected chi connectivity index (χ2v) is 8.00. The average molecular weight is 326 g/mol. The first-order chi connectivity index (χ1) is 11.3. The molecule has 126 valence electrons. The summed E-state index contributed by atoms with van der Waals surface area (Å²) in [6.07, 6.45) is 7.60. The maximum atomic E-state index is 12.0. The fraction of sp³-hybridized carbons (Fsp3) is 0.500. The lowest BCUT2D eigenvalue weighted by molar-refractivity contribution is -0.0499. The number of fused-ring (bicyclic) bond motifs is 1. The lowest BCUT2D eigenvalue weighted by atomic mass is 9.61. The van der Waals surface area contributed by atoms with E-state index < -0.39 is 5.60 Å². The van der Waals surface area contributed by atoms with E-state index in [0.717, 1.165) is 42.8 Å². The predicted molar refractivity (Wildman–Crippen MR) is 91.3 cm³/mol. The molecule has 0 atom stereocenters. The van der Waals surface area contributed by atoms with Crippen LogP contribution in [0.15, 0.2) is 24.0 Å². The summed E-state index contributed by atoms with van der Waals surface area (Å²) in [6, 6.07) is 1.96. The highest BCUT2D eigenvalue weighted by atomic mass is 16.6. The van der Waals surface area contributed by atoms with Crippen molar-refractivity contribution < 1.29 is 9.53 Å². The summed E-state index contributed by atoms with van der Waals surface area (Å²) in [5.74, 6) is 0.748. The Labute approximate surface area is 140 Å². The van der Waals surface area contributed by atoms with E-state index in [-0.39, 0.29) is 11.5 Å². The Morgan fingerprint density at radius 2 is 2.12 bits per heavy atom. The number of allylic oxidation sites excluding steroid dienone is 1. The Morgan fingerprint density at radius 3 is 2.83 bits per heavy atom. The Morgan fingerprint density at radius 1 is 1.38 bits per heavy atom. The standard InChI is InChI=1S/C18H22N4O2/c1-17(2,3)24-16(23)22-10-18(11-22)7-12(8-18)6-14-20-9-13-4-5-19-15(13)21-14/h4-6,9H,7-8,10-11H2,1-3H3,(H,19,20,21). The highest BCUT2D eigenvalue weighted by Crippen LogP contribution is 2.52. The number of likely N-dealkylation sites (tertiary alicyclic amines) is 1. The largest absolute Gasteiger partial charge is 0.444 e. The molecule has 1 aliphatic carbocycles. The molecule has 24 heavy (non-hydrogen) atoms. The third kappa shape index (κ3) is 2.77. The number of hydrogen-bond acceptors (Lipinski definition) is 4. The number of aromatic nitrogens is 3. The monoisotopic (exact) mass is 326 g/mol. The molecule has 6 nitrogen and oxygen atoms in total. The molecule has 0 radical (unpaired) electrons. The minimum absolute atomic E-state index is 0.203. The highest BCUT2D eigenvalue weighted by Gasteiger charge is 2.52. The fourth-order valence-electron chi connectivity index (χ4n) is 3.56. The maximum absolute atomic E-state index is 12.0. The normalized spacial score (nSPS) is 19.1. The third-order valence-electron chi connectivity index (χ3n) is 4.56. The van der Waals surface area contributed by atoms with Crippen molar-refractivity contribution in [1.82, 2.24) is 19.9 Å². The minimum atomic E-state index is -0.432. The van der Waals surface area contributed by atoms with Gasteiger partial charge in [-0.1, -0.05) is 5.57 Å². The van der Waals surface area contributed by atoms with E-state index in [0.29, 0.717) is 0 Å². The Hall–Kier alpha value is -2.37. The van der Waals surface area contributed by atoms with Gasteiger partial charge in [-0.15, -0.1) is 0 Å². The topological polar surface area (TPSA) is 71.1 Å². The van der Waals surface area contributed by atoms with Crippen molar-refractivity contribution in [1.29, 1.82) is 0 Å². The summed E-state index contributed by atoms with van der Waals surface area (Å²) in [5.41, 5.74) is 2.03. The van der Waals surface area contributed by atoms with E-state index in [9.17, 15) is 4.79 Å². The zero-order valence-electron chi connectivity index (χ0n) is 14.3. The van der Waals surface area contributed by atoms with Gasteiger partial charge in [-0.05, 0) is 45.8 Å². The smallest absolute Gasteiger partial charge is 0.410 e. The first-order valence-electron chi connectivity index (χ1n) is 8.30. The molecule has 0 aromatic carbocycles. The van der Waals surface area contributed by atoms with Gasteiger partial charge in [0.2, 0.25) is 0 Å². The van der Waals surface area contributed by atoms with Crippen molar-refractivity contribution in [2.75, 3.05) is 13.1 Å². The van der Waals surface area contributed by atoms with Crippen molar-refractivity contribution in [3.05, 3.63) is 29.9 Å². The molecule has 1 N–H and O–H groups in total. The van der Waals surface area contributed by atoms with Crippen molar-refractivity contribution in [2.24, 2.45) is 5.41 Å². The van der Waals surface area contributed by atoms with Crippen LogP contribution in [-0.2, 0) is 4.74 Å². The Balaban J connectivity index is 1.34. The van der Waals surface area contributed by atoms with Crippen LogP contribution in [0.5, 0.6) is 0 Å². The number of rotatable bonds is 1. The zero-order valence-corrected chi connectivity index (χ0v) is 14.3. The molecular weight excluding hydrogens is 304 g/mol. The van der Waals surface area contributed by atoms with Crippen LogP contribution in [-0.4, -0.2) is 44.6 Å². The van der Waals surface area contributed by atoms with Crippen LogP contribution >= 0.6 is 0 Å². The summed E-state index contributed by atoms with van der Waals surface area (Å²) >= 11 is 0. The molecule has 2 aromatic rings. The van der Waals surface area contributed by atoms with E-state index >= 15 is 0 Å². The van der Waals surface area contributed by atoms with Gasteiger partial charge in [0.05, 0.1) is 0 Å². The third-order valence-corrected chi connectivity index (χ3v) is 4.56. The van der Waals surface area contributed by atoms with Crippen LogP contribution < -0.4 is 0 Å². The van der Waals surface area contributed by atoms with Crippen molar-refractivity contribution in [3.8, 4) is 0 Å². The average Bonchev–Trinajstić information content (AvgIpc) is 2.85. The highest BCUT2D eigenvalue weighted by molar-refractivity contribution is 5.75. The zero-order chi connectivity index (χ0) is 16.9. The van der Waals surface area contributed by atoms with Crippen LogP contribution in [0.2, 0.25) is 0 Å². The van der Waals surface area contributed by atoms with E-state index in [1.807, 2.05) is 39.2 Å². The number of amides is 1. The minimum Gasteiger partial charge on any atom is -0.444 e. The van der Waals surface area contributed by atoms with Gasteiger partial charge in [0.1, 0.15) is 11.2 Å². The lowest BCUT2D eigenvalue weighted by Crippen LogP contribution is -2.62. The number of ether oxygens (including phenoxy) is 1. The van der Waals surface area contributed by atoms with Crippen LogP contribution in [0.4, 0.5) is 4.79 Å². The Bertz CT molecular complexity index is 815. The van der Waals surface area contributed by atoms with E-state index in [1.54, 1.807) is 4.90 Å². The van der Waals surface area contributed by atoms with Gasteiger partial charge in [-0.2, -0.15) is 0 Å². The van der Waals surface area contributed by atoms with Crippen molar-refractivity contribution >= 4 is 23.2 Å². The number of H-pyrrole nitrogens is 1. The molecule has 1 saturated carbocycles. The van der Waals surface area contributed by atoms with Crippen molar-refractivity contribution in [2.45, 2.75) is 39.2 Å². The second kappa shape index (κ2) is 5.06. The molecular formula is C18H22N4O2. The van der Waals surface area contributed by atoms with Gasteiger partial charge in [0.15, 0.2) is 5.82 Å². The summed E-state index contributed by atoms with van der Waals surface area (Å²) in [7, 11) is 0. The number of nitrogens with one attached hydrogen (secondary N) is 1. The van der Waals surface area contributed by atoms with E-state index in [4.69, 9.17) is 4.74 Å². The Kier molecular flexibility index (Phi) is 3.20. The molecule has 1 spiro atoms. The van der Waals surface area contributed by atoms with Gasteiger partial charge in [-0.3, -0.25) is 0 Å². The van der Waals surface area contributed by atoms with E-state index in [2.05, 4.69) is 21.0 Å². The molecule has 4 rings (SSSR count). The fourth-order valence-corrected chi connectivity index (χ4v) is 3.56. The molecule has 1 saturated heterocycles. The van der Waals surface area contributed by atoms with Crippen LogP contribution in [0.3, 0.4) is 0 Å². The van der Waals surface area contributed by atoms with Crippen LogP contribution in [0, 0.1) is 5.41 Å². The molecule has 1 amide bonds. The first-order valence-corrected chi connectivity index (χ1v) is 8.30. The summed E-state index contributed by atoms with van der Waals surface area (Å²) in [4.78, 5) is 25.8. The molecule has 0 bridgehead atoms. The van der Waals surface area contributed by atoms with Crippen LogP contribution in [0.1, 0.15) is 39.4 Å². The SMILES string of the molecule is CC(C)(C)OC(=O)N1CC2(CC(=Cc3ncc4cc[nH]c4n3)C2)C1. The van der Waals surface area contributed by atoms with Gasteiger partial charge < -0.3 is 14.6 Å². The molecule has 6 heteroatoms. The maximum Gasteiger partial charge on any atom is 0.410 e. The molecule has 1 aliphatic heterocycles. The first kappa shape index (κ1) is 15.2. The predicted octanol–water partition coefficient (Wildman–Crippen LogP) is 3.37. The number of carbonyl (C=O) groups is 1. The van der Waals surface area contributed by atoms with Gasteiger partial charge in [0.25, 0.3) is 0 Å². The van der Waals surface area contributed by atoms with Crippen molar-refractivity contribution in [3.63, 3.8) is 0 Å². The van der Waals surface area contributed by atoms with Crippen LogP contribution in [0.25, 0.3) is 17.1 Å². The van der Waals surface area contributed by atoms with E-state index in [1.165, 1.54) is 5.57 Å². The summed E-state index contributed by atoms with van der Waals surface area (Å²) < 4.78 is 5.41. The second-order valence-electron chi connectivity index (χ2n) is 8.00. The van der Waals surface area contributed by atoms with Gasteiger partial charge in [0, 0.05) is 36.3 Å². The number of aromatic amines is 1. The quantitative estimate of drug-likeness (QED) is 0.872. The van der Waals surface area contributed by atoms with Gasteiger partial charge >= 0.3 is 6.09 Å². The number of nitrogens with zero attached hydrogens (tertiary/aromatic N) is 3. The van der Waals surface area contributed by atoms with Gasteiger partial charge in [-0.25, -0.2) is 14.8 Å². The molecule has 2 fully saturated rings. The molecule has 0 unspecified atom stereocenters. The number of hydrogen-bond donors (Lipinski definition) is 1. The lowest BCUT2D eigenvalue weighted by Gasteiger charge is -2.56. The summed E-state index contributed by atoms with van der Waals surface area (Å²) in [6.45, 7) is 7.26.